The maximum atomic E-state index is 13.1. The Morgan fingerprint density at radius 1 is 0.818 bits per heavy atom. The standard InChI is InChI=1S/C27H24BrN3O2/c1-27(2,3)24(32)16-23(26(33)29-18-14-12-17(28)13-15-18)30-31-25-21-10-6-4-8-19(21)20-9-5-7-11-22(20)25/h4-15H,16H2,1-3H3,(H,29,33). The molecule has 6 heteroatoms. The quantitative estimate of drug-likeness (QED) is 0.258. The molecule has 0 heterocycles. The second kappa shape index (κ2) is 9.24. The number of amides is 1. The highest BCUT2D eigenvalue weighted by molar-refractivity contribution is 9.10. The SMILES string of the molecule is CC(C)(C)C(=O)CC(=NN=C1c2ccccc2-c2ccccc21)C(=O)Nc1ccc(Br)cc1. The second-order valence-electron chi connectivity index (χ2n) is 8.90. The van der Waals surface area contributed by atoms with E-state index in [2.05, 4.69) is 31.4 Å². The molecule has 1 aliphatic rings. The van der Waals surface area contributed by atoms with E-state index in [0.717, 1.165) is 26.7 Å². The summed E-state index contributed by atoms with van der Waals surface area (Å²) in [5, 5.41) is 11.7. The van der Waals surface area contributed by atoms with Crippen molar-refractivity contribution >= 4 is 44.7 Å². The number of carbonyl (C=O) groups is 2. The molecule has 1 aliphatic carbocycles. The lowest BCUT2D eigenvalue weighted by atomic mass is 9.87. The Balaban J connectivity index is 1.73. The topological polar surface area (TPSA) is 70.9 Å². The van der Waals surface area contributed by atoms with Crippen LogP contribution in [0.2, 0.25) is 0 Å². The maximum absolute atomic E-state index is 13.1. The normalized spacial score (nSPS) is 12.7. The summed E-state index contributed by atoms with van der Waals surface area (Å²) in [6, 6.07) is 23.2. The molecule has 0 bridgehead atoms. The van der Waals surface area contributed by atoms with Gasteiger partial charge in [0.25, 0.3) is 5.91 Å². The van der Waals surface area contributed by atoms with Crippen LogP contribution in [-0.4, -0.2) is 23.1 Å². The van der Waals surface area contributed by atoms with Gasteiger partial charge in [-0.3, -0.25) is 9.59 Å². The highest BCUT2D eigenvalue weighted by Crippen LogP contribution is 2.36. The van der Waals surface area contributed by atoms with Gasteiger partial charge in [0.2, 0.25) is 0 Å². The average Bonchev–Trinajstić information content (AvgIpc) is 3.11. The van der Waals surface area contributed by atoms with Crippen molar-refractivity contribution in [1.29, 1.82) is 0 Å². The molecule has 0 unspecified atom stereocenters. The molecule has 1 amide bonds. The van der Waals surface area contributed by atoms with Crippen molar-refractivity contribution < 1.29 is 9.59 Å². The minimum Gasteiger partial charge on any atom is -0.321 e. The second-order valence-corrected chi connectivity index (χ2v) is 9.81. The van der Waals surface area contributed by atoms with E-state index in [9.17, 15) is 9.59 Å². The van der Waals surface area contributed by atoms with E-state index >= 15 is 0 Å². The molecule has 0 radical (unpaired) electrons. The molecule has 0 saturated carbocycles. The molecule has 0 aliphatic heterocycles. The van der Waals surface area contributed by atoms with E-state index < -0.39 is 11.3 Å². The zero-order valence-electron chi connectivity index (χ0n) is 18.7. The lowest BCUT2D eigenvalue weighted by molar-refractivity contribution is -0.125. The minimum atomic E-state index is -0.599. The number of nitrogens with zero attached hydrogens (tertiary/aromatic N) is 2. The number of anilines is 1. The summed E-state index contributed by atoms with van der Waals surface area (Å²) in [6.45, 7) is 5.48. The Bertz CT molecular complexity index is 1240. The van der Waals surface area contributed by atoms with Crippen LogP contribution in [-0.2, 0) is 9.59 Å². The highest BCUT2D eigenvalue weighted by Gasteiger charge is 2.27. The lowest BCUT2D eigenvalue weighted by Gasteiger charge is -2.16. The van der Waals surface area contributed by atoms with Crippen molar-refractivity contribution in [2.45, 2.75) is 27.2 Å². The Kier molecular flexibility index (Phi) is 6.38. The average molecular weight is 502 g/mol. The number of carbonyl (C=O) groups excluding carboxylic acids is 2. The first-order valence-corrected chi connectivity index (χ1v) is 11.5. The largest absolute Gasteiger partial charge is 0.321 e. The summed E-state index contributed by atoms with van der Waals surface area (Å²) >= 11 is 3.39. The van der Waals surface area contributed by atoms with Crippen LogP contribution >= 0.6 is 15.9 Å². The summed E-state index contributed by atoms with van der Waals surface area (Å²) in [5.74, 6) is -0.529. The molecular weight excluding hydrogens is 478 g/mol. The lowest BCUT2D eigenvalue weighted by Crippen LogP contribution is -2.30. The number of halogens is 1. The summed E-state index contributed by atoms with van der Waals surface area (Å²) in [4.78, 5) is 25.8. The first-order chi connectivity index (χ1) is 15.7. The van der Waals surface area contributed by atoms with Gasteiger partial charge in [0.05, 0.1) is 6.42 Å². The molecular formula is C27H24BrN3O2. The third kappa shape index (κ3) is 5.01. The number of hydrogen-bond acceptors (Lipinski definition) is 4. The van der Waals surface area contributed by atoms with Crippen LogP contribution in [0.15, 0.2) is 87.5 Å². The molecule has 3 aromatic carbocycles. The van der Waals surface area contributed by atoms with Gasteiger partial charge in [-0.2, -0.15) is 0 Å². The van der Waals surface area contributed by atoms with E-state index in [0.29, 0.717) is 11.4 Å². The number of hydrogen-bond donors (Lipinski definition) is 1. The third-order valence-corrected chi connectivity index (χ3v) is 5.98. The van der Waals surface area contributed by atoms with Crippen LogP contribution in [0.3, 0.4) is 0 Å². The Hall–Kier alpha value is -3.38. The van der Waals surface area contributed by atoms with Crippen LogP contribution in [0, 0.1) is 5.41 Å². The number of fused-ring (bicyclic) bond motifs is 3. The first kappa shape index (κ1) is 22.8. The highest BCUT2D eigenvalue weighted by atomic mass is 79.9. The molecule has 0 fully saturated rings. The van der Waals surface area contributed by atoms with Gasteiger partial charge in [0, 0.05) is 26.7 Å². The van der Waals surface area contributed by atoms with Gasteiger partial charge >= 0.3 is 0 Å². The van der Waals surface area contributed by atoms with Crippen molar-refractivity contribution in [2.24, 2.45) is 15.6 Å². The predicted octanol–water partition coefficient (Wildman–Crippen LogP) is 6.27. The van der Waals surface area contributed by atoms with Crippen LogP contribution in [0.5, 0.6) is 0 Å². The van der Waals surface area contributed by atoms with Crippen molar-refractivity contribution in [3.63, 3.8) is 0 Å². The van der Waals surface area contributed by atoms with Gasteiger partial charge in [0.1, 0.15) is 17.2 Å². The molecule has 0 aromatic heterocycles. The van der Waals surface area contributed by atoms with Crippen LogP contribution in [0.1, 0.15) is 38.3 Å². The molecule has 33 heavy (non-hydrogen) atoms. The molecule has 3 aromatic rings. The van der Waals surface area contributed by atoms with Crippen molar-refractivity contribution in [3.05, 3.63) is 88.4 Å². The van der Waals surface area contributed by atoms with E-state index in [1.165, 1.54) is 0 Å². The molecule has 1 N–H and O–H groups in total. The number of Topliss-reactive ketones (excluding diaryl/α,β-unsaturated/α-hetero) is 1. The molecule has 0 atom stereocenters. The van der Waals surface area contributed by atoms with Gasteiger partial charge in [-0.1, -0.05) is 85.2 Å². The number of ketones is 1. The Labute approximate surface area is 201 Å². The molecule has 166 valence electrons. The fourth-order valence-corrected chi connectivity index (χ4v) is 3.79. The zero-order chi connectivity index (χ0) is 23.6. The van der Waals surface area contributed by atoms with Crippen LogP contribution in [0.25, 0.3) is 11.1 Å². The van der Waals surface area contributed by atoms with E-state index in [1.54, 1.807) is 12.1 Å². The van der Waals surface area contributed by atoms with E-state index in [1.807, 2.05) is 81.4 Å². The smallest absolute Gasteiger partial charge is 0.272 e. The summed E-state index contributed by atoms with van der Waals surface area (Å²) in [7, 11) is 0. The first-order valence-electron chi connectivity index (χ1n) is 10.7. The monoisotopic (exact) mass is 501 g/mol. The van der Waals surface area contributed by atoms with Gasteiger partial charge < -0.3 is 5.32 Å². The van der Waals surface area contributed by atoms with Gasteiger partial charge in [-0.15, -0.1) is 10.2 Å². The number of rotatable bonds is 5. The molecule has 0 saturated heterocycles. The minimum absolute atomic E-state index is 0.0761. The van der Waals surface area contributed by atoms with E-state index in [-0.39, 0.29) is 17.9 Å². The van der Waals surface area contributed by atoms with Crippen molar-refractivity contribution in [1.82, 2.24) is 0 Å². The zero-order valence-corrected chi connectivity index (χ0v) is 20.3. The molecule has 4 rings (SSSR count). The van der Waals surface area contributed by atoms with Gasteiger partial charge in [-0.25, -0.2) is 0 Å². The van der Waals surface area contributed by atoms with E-state index in [4.69, 9.17) is 0 Å². The van der Waals surface area contributed by atoms with Crippen LogP contribution in [0.4, 0.5) is 5.69 Å². The Morgan fingerprint density at radius 2 is 1.33 bits per heavy atom. The third-order valence-electron chi connectivity index (χ3n) is 5.45. The fraction of sp³-hybridized carbons (Fsp3) is 0.185. The summed E-state index contributed by atoms with van der Waals surface area (Å²) in [5.41, 5.74) is 4.85. The maximum Gasteiger partial charge on any atom is 0.272 e. The Morgan fingerprint density at radius 3 is 1.85 bits per heavy atom. The van der Waals surface area contributed by atoms with Crippen LogP contribution < -0.4 is 5.32 Å². The van der Waals surface area contributed by atoms with Crippen molar-refractivity contribution in [2.75, 3.05) is 5.32 Å². The summed E-state index contributed by atoms with van der Waals surface area (Å²) < 4.78 is 0.905. The summed E-state index contributed by atoms with van der Waals surface area (Å²) in [6.07, 6.45) is -0.105. The molecule has 5 nitrogen and oxygen atoms in total. The predicted molar refractivity (Wildman–Crippen MR) is 137 cm³/mol. The number of benzene rings is 3. The fourth-order valence-electron chi connectivity index (χ4n) is 3.53. The van der Waals surface area contributed by atoms with Gasteiger partial charge in [-0.05, 0) is 35.4 Å². The van der Waals surface area contributed by atoms with Gasteiger partial charge in [0.15, 0.2) is 0 Å². The molecule has 0 spiro atoms. The van der Waals surface area contributed by atoms with Crippen molar-refractivity contribution in [3.8, 4) is 11.1 Å². The number of nitrogens with one attached hydrogen (secondary N) is 1.